The van der Waals surface area contributed by atoms with Crippen molar-refractivity contribution in [2.75, 3.05) is 0 Å². The summed E-state index contributed by atoms with van der Waals surface area (Å²) >= 11 is 0. The first-order valence-corrected chi connectivity index (χ1v) is 4.91. The van der Waals surface area contributed by atoms with Gasteiger partial charge in [-0.1, -0.05) is 30.3 Å². The van der Waals surface area contributed by atoms with Gasteiger partial charge < -0.3 is 0 Å². The van der Waals surface area contributed by atoms with Gasteiger partial charge in [0, 0.05) is 11.3 Å². The number of allylic oxidation sites excluding steroid dienone is 1. The van der Waals surface area contributed by atoms with Crippen molar-refractivity contribution in [2.24, 2.45) is 4.99 Å². The molecule has 0 bridgehead atoms. The molecule has 0 aliphatic rings. The number of rotatable bonds is 3. The van der Waals surface area contributed by atoms with Crippen LogP contribution in [-0.4, -0.2) is 12.0 Å². The molecule has 0 spiro atoms. The van der Waals surface area contributed by atoms with Crippen LogP contribution in [0, 0.1) is 0 Å². The van der Waals surface area contributed by atoms with Gasteiger partial charge in [0.15, 0.2) is 0 Å². The summed E-state index contributed by atoms with van der Waals surface area (Å²) in [5, 5.41) is 0. The summed E-state index contributed by atoms with van der Waals surface area (Å²) in [6.45, 7) is 5.88. The monoisotopic (exact) mass is 201 g/mol. The Morgan fingerprint density at radius 3 is 2.20 bits per heavy atom. The van der Waals surface area contributed by atoms with Crippen LogP contribution in [0.25, 0.3) is 5.70 Å². The number of nitrogens with zero attached hydrogens (tertiary/aromatic N) is 1. The molecule has 1 rings (SSSR count). The summed E-state index contributed by atoms with van der Waals surface area (Å²) in [5.41, 5.74) is 3.67. The van der Waals surface area contributed by atoms with Crippen LogP contribution in [0.3, 0.4) is 0 Å². The van der Waals surface area contributed by atoms with E-state index in [0.717, 1.165) is 23.3 Å². The highest BCUT2D eigenvalue weighted by molar-refractivity contribution is 5.86. The normalized spacial score (nSPS) is 11.0. The Hall–Kier alpha value is -1.70. The molecule has 78 valence electrons. The van der Waals surface area contributed by atoms with Crippen LogP contribution in [0.15, 0.2) is 35.3 Å². The van der Waals surface area contributed by atoms with E-state index in [0.29, 0.717) is 5.56 Å². The second-order valence-electron chi connectivity index (χ2n) is 3.47. The van der Waals surface area contributed by atoms with Gasteiger partial charge in [0.05, 0.1) is 5.70 Å². The molecule has 1 aromatic carbocycles. The van der Waals surface area contributed by atoms with Gasteiger partial charge in [0.2, 0.25) is 0 Å². The van der Waals surface area contributed by atoms with E-state index in [9.17, 15) is 4.79 Å². The number of hydrogen-bond donors (Lipinski definition) is 0. The third kappa shape index (κ3) is 3.17. The molecule has 2 nitrogen and oxygen atoms in total. The van der Waals surface area contributed by atoms with Crippen molar-refractivity contribution < 1.29 is 4.79 Å². The lowest BCUT2D eigenvalue weighted by molar-refractivity contribution is 0.112. The summed E-state index contributed by atoms with van der Waals surface area (Å²) < 4.78 is 0. The van der Waals surface area contributed by atoms with E-state index >= 15 is 0 Å². The van der Waals surface area contributed by atoms with Crippen LogP contribution in [0.5, 0.6) is 0 Å². The van der Waals surface area contributed by atoms with Gasteiger partial charge in [-0.2, -0.15) is 0 Å². The predicted molar refractivity (Wildman–Crippen MR) is 64.3 cm³/mol. The fourth-order valence-electron chi connectivity index (χ4n) is 1.27. The number of aldehydes is 1. The van der Waals surface area contributed by atoms with E-state index in [4.69, 9.17) is 0 Å². The number of benzene rings is 1. The van der Waals surface area contributed by atoms with Gasteiger partial charge >= 0.3 is 0 Å². The Labute approximate surface area is 90.4 Å². The molecular weight excluding hydrogens is 186 g/mol. The van der Waals surface area contributed by atoms with Crippen molar-refractivity contribution in [1.82, 2.24) is 0 Å². The molecule has 0 saturated heterocycles. The zero-order valence-corrected chi connectivity index (χ0v) is 9.32. The smallest absolute Gasteiger partial charge is 0.150 e. The van der Waals surface area contributed by atoms with E-state index < -0.39 is 0 Å². The Bertz CT molecular complexity index is 395. The van der Waals surface area contributed by atoms with E-state index in [1.54, 1.807) is 12.1 Å². The van der Waals surface area contributed by atoms with E-state index in [1.807, 2.05) is 39.0 Å². The van der Waals surface area contributed by atoms with Crippen LogP contribution < -0.4 is 0 Å². The summed E-state index contributed by atoms with van der Waals surface area (Å²) in [6, 6.07) is 7.41. The molecule has 0 radical (unpaired) electrons. The summed E-state index contributed by atoms with van der Waals surface area (Å²) in [7, 11) is 0. The second-order valence-corrected chi connectivity index (χ2v) is 3.47. The zero-order chi connectivity index (χ0) is 11.3. The largest absolute Gasteiger partial charge is 0.298 e. The molecule has 0 N–H and O–H groups in total. The van der Waals surface area contributed by atoms with Crippen molar-refractivity contribution in [3.63, 3.8) is 0 Å². The van der Waals surface area contributed by atoms with Crippen LogP contribution in [0.2, 0.25) is 0 Å². The fraction of sp³-hybridized carbons (Fsp3) is 0.231. The van der Waals surface area contributed by atoms with Crippen molar-refractivity contribution in [2.45, 2.75) is 20.8 Å². The molecule has 0 aromatic heterocycles. The Balaban J connectivity index is 3.04. The molecule has 0 aliphatic heterocycles. The van der Waals surface area contributed by atoms with E-state index in [2.05, 4.69) is 4.99 Å². The highest BCUT2D eigenvalue weighted by Gasteiger charge is 1.98. The number of carbonyl (C=O) groups is 1. The van der Waals surface area contributed by atoms with E-state index in [-0.39, 0.29) is 0 Å². The van der Waals surface area contributed by atoms with Crippen molar-refractivity contribution in [3.8, 4) is 0 Å². The maximum Gasteiger partial charge on any atom is 0.150 e. The molecule has 0 saturated carbocycles. The molecule has 0 unspecified atom stereocenters. The molecule has 15 heavy (non-hydrogen) atoms. The average molecular weight is 201 g/mol. The van der Waals surface area contributed by atoms with Gasteiger partial charge in [0.25, 0.3) is 0 Å². The van der Waals surface area contributed by atoms with Crippen LogP contribution in [0.1, 0.15) is 36.7 Å². The molecule has 1 aromatic rings. The minimum Gasteiger partial charge on any atom is -0.298 e. The summed E-state index contributed by atoms with van der Waals surface area (Å²) in [4.78, 5) is 14.9. The first-order valence-electron chi connectivity index (χ1n) is 4.91. The Kier molecular flexibility index (Phi) is 3.98. The SMILES string of the molecule is C/C=C(\N=C(C)C)c1ccc(C=O)cc1. The highest BCUT2D eigenvalue weighted by Crippen LogP contribution is 2.16. The van der Waals surface area contributed by atoms with Gasteiger partial charge in [-0.25, -0.2) is 0 Å². The minimum atomic E-state index is 0.686. The fourth-order valence-corrected chi connectivity index (χ4v) is 1.27. The summed E-state index contributed by atoms with van der Waals surface area (Å²) in [5.74, 6) is 0. The lowest BCUT2D eigenvalue weighted by atomic mass is 10.1. The molecular formula is C13H15NO. The second kappa shape index (κ2) is 5.25. The standard InChI is InChI=1S/C13H15NO/c1-4-13(14-10(2)3)12-7-5-11(9-15)6-8-12/h4-9H,1-3H3/b13-4-. The third-order valence-electron chi connectivity index (χ3n) is 1.96. The molecule has 2 heteroatoms. The van der Waals surface area contributed by atoms with Crippen LogP contribution in [-0.2, 0) is 0 Å². The van der Waals surface area contributed by atoms with Crippen molar-refractivity contribution in [1.29, 1.82) is 0 Å². The van der Waals surface area contributed by atoms with Crippen LogP contribution >= 0.6 is 0 Å². The first kappa shape index (κ1) is 11.4. The lowest BCUT2D eigenvalue weighted by Crippen LogP contribution is -1.87. The molecule has 0 atom stereocenters. The van der Waals surface area contributed by atoms with Crippen molar-refractivity contribution >= 4 is 17.7 Å². The highest BCUT2D eigenvalue weighted by atomic mass is 16.1. The average Bonchev–Trinajstić information content (AvgIpc) is 2.26. The van der Waals surface area contributed by atoms with Crippen LogP contribution in [0.4, 0.5) is 0 Å². The maximum atomic E-state index is 10.5. The minimum absolute atomic E-state index is 0.686. The van der Waals surface area contributed by atoms with Gasteiger partial charge in [-0.15, -0.1) is 0 Å². The molecule has 0 fully saturated rings. The quantitative estimate of drug-likeness (QED) is 0.544. The number of carbonyl (C=O) groups excluding carboxylic acids is 1. The Morgan fingerprint density at radius 2 is 1.80 bits per heavy atom. The molecule has 0 aliphatic carbocycles. The topological polar surface area (TPSA) is 29.4 Å². The lowest BCUT2D eigenvalue weighted by Gasteiger charge is -2.02. The third-order valence-corrected chi connectivity index (χ3v) is 1.96. The number of hydrogen-bond acceptors (Lipinski definition) is 2. The number of aliphatic imine (C=N–C) groups is 1. The summed E-state index contributed by atoms with van der Waals surface area (Å²) in [6.07, 6.45) is 2.80. The van der Waals surface area contributed by atoms with Gasteiger partial charge in [-0.3, -0.25) is 9.79 Å². The molecule has 0 amide bonds. The first-order chi connectivity index (χ1) is 7.17. The van der Waals surface area contributed by atoms with Gasteiger partial charge in [0.1, 0.15) is 6.29 Å². The van der Waals surface area contributed by atoms with E-state index in [1.165, 1.54) is 0 Å². The van der Waals surface area contributed by atoms with Crippen molar-refractivity contribution in [3.05, 3.63) is 41.5 Å². The zero-order valence-electron chi connectivity index (χ0n) is 9.32. The molecule has 0 heterocycles. The van der Waals surface area contributed by atoms with Gasteiger partial charge in [-0.05, 0) is 26.3 Å². The maximum absolute atomic E-state index is 10.5. The predicted octanol–water partition coefficient (Wildman–Crippen LogP) is 3.34. The Morgan fingerprint density at radius 1 is 1.20 bits per heavy atom.